The first-order chi connectivity index (χ1) is 18.1. The number of aryl methyl sites for hydroxylation is 1. The minimum absolute atomic E-state index is 0.0904. The van der Waals surface area contributed by atoms with E-state index in [4.69, 9.17) is 4.98 Å². The summed E-state index contributed by atoms with van der Waals surface area (Å²) in [5.74, 6) is 0.358. The maximum atomic E-state index is 13.4. The minimum atomic E-state index is -0.252. The largest absolute Gasteiger partial charge is 0.348 e. The Bertz CT molecular complexity index is 1500. The third-order valence-corrected chi connectivity index (χ3v) is 7.29. The highest BCUT2D eigenvalue weighted by Crippen LogP contribution is 2.27. The molecular weight excluding hydrogens is 483 g/mol. The fourth-order valence-electron chi connectivity index (χ4n) is 4.06. The average molecular weight is 511 g/mol. The summed E-state index contributed by atoms with van der Waals surface area (Å²) in [7, 11) is 0. The predicted octanol–water partition coefficient (Wildman–Crippen LogP) is 6.40. The summed E-state index contributed by atoms with van der Waals surface area (Å²) in [6, 6.07) is 24.4. The van der Waals surface area contributed by atoms with Crippen LogP contribution < -0.4 is 5.32 Å². The van der Waals surface area contributed by atoms with Crippen LogP contribution >= 0.6 is 11.8 Å². The number of fused-ring (bicyclic) bond motifs is 1. The third-order valence-electron chi connectivity index (χ3n) is 6.24. The summed E-state index contributed by atoms with van der Waals surface area (Å²) in [6.45, 7) is 3.20. The number of thioether (sulfide) groups is 1. The Morgan fingerprint density at radius 1 is 0.892 bits per heavy atom. The summed E-state index contributed by atoms with van der Waals surface area (Å²) in [6.07, 6.45) is 4.54. The SMILES string of the molecule is CCc1ccc(CNC(=O)c2ccc(CSc3nc4ccncc4n3Cc3ccc(F)cc3)cc2)cc1. The van der Waals surface area contributed by atoms with E-state index in [0.717, 1.165) is 39.3 Å². The van der Waals surface area contributed by atoms with E-state index in [1.54, 1.807) is 30.1 Å². The van der Waals surface area contributed by atoms with E-state index in [9.17, 15) is 9.18 Å². The first-order valence-corrected chi connectivity index (χ1v) is 13.2. The summed E-state index contributed by atoms with van der Waals surface area (Å²) in [5.41, 5.74) is 6.89. The average Bonchev–Trinajstić information content (AvgIpc) is 3.29. The van der Waals surface area contributed by atoms with E-state index in [1.165, 1.54) is 17.7 Å². The zero-order valence-corrected chi connectivity index (χ0v) is 21.3. The van der Waals surface area contributed by atoms with Crippen LogP contribution in [0.5, 0.6) is 0 Å². The second-order valence-electron chi connectivity index (χ2n) is 8.81. The number of imidazole rings is 1. The number of carbonyl (C=O) groups excluding carboxylic acids is 1. The third kappa shape index (κ3) is 6.06. The Morgan fingerprint density at radius 3 is 2.30 bits per heavy atom. The number of rotatable bonds is 9. The molecular formula is C30H27FN4OS. The second-order valence-corrected chi connectivity index (χ2v) is 9.75. The molecule has 0 aliphatic carbocycles. The van der Waals surface area contributed by atoms with Gasteiger partial charge in [0.05, 0.1) is 23.8 Å². The van der Waals surface area contributed by atoms with Crippen LogP contribution in [0.1, 0.15) is 39.5 Å². The van der Waals surface area contributed by atoms with Crippen LogP contribution in [0, 0.1) is 5.82 Å². The number of hydrogen-bond donors (Lipinski definition) is 1. The van der Waals surface area contributed by atoms with Crippen LogP contribution in [-0.2, 0) is 25.3 Å². The Morgan fingerprint density at radius 2 is 1.57 bits per heavy atom. The van der Waals surface area contributed by atoms with Gasteiger partial charge in [0.15, 0.2) is 5.16 Å². The minimum Gasteiger partial charge on any atom is -0.348 e. The van der Waals surface area contributed by atoms with Crippen LogP contribution in [0.4, 0.5) is 4.39 Å². The molecule has 0 saturated heterocycles. The monoisotopic (exact) mass is 510 g/mol. The van der Waals surface area contributed by atoms with Gasteiger partial charge in [-0.1, -0.05) is 67.2 Å². The van der Waals surface area contributed by atoms with Gasteiger partial charge >= 0.3 is 0 Å². The van der Waals surface area contributed by atoms with E-state index < -0.39 is 0 Å². The maximum Gasteiger partial charge on any atom is 0.251 e. The van der Waals surface area contributed by atoms with E-state index in [-0.39, 0.29) is 11.7 Å². The van der Waals surface area contributed by atoms with Gasteiger partial charge in [0, 0.05) is 24.1 Å². The lowest BCUT2D eigenvalue weighted by molar-refractivity contribution is 0.0951. The number of carbonyl (C=O) groups is 1. The normalized spacial score (nSPS) is 11.1. The molecule has 37 heavy (non-hydrogen) atoms. The van der Waals surface area contributed by atoms with Crippen molar-refractivity contribution >= 4 is 28.7 Å². The van der Waals surface area contributed by atoms with Crippen molar-refractivity contribution in [2.24, 2.45) is 0 Å². The molecule has 0 fully saturated rings. The lowest BCUT2D eigenvalue weighted by Gasteiger charge is -2.10. The molecule has 1 amide bonds. The van der Waals surface area contributed by atoms with Crippen LogP contribution in [-0.4, -0.2) is 20.4 Å². The van der Waals surface area contributed by atoms with Crippen molar-refractivity contribution in [2.75, 3.05) is 0 Å². The highest BCUT2D eigenvalue weighted by atomic mass is 32.2. The van der Waals surface area contributed by atoms with Gasteiger partial charge in [-0.3, -0.25) is 9.78 Å². The van der Waals surface area contributed by atoms with Gasteiger partial charge in [0.2, 0.25) is 0 Å². The Labute approximate surface area is 219 Å². The molecule has 7 heteroatoms. The smallest absolute Gasteiger partial charge is 0.251 e. The summed E-state index contributed by atoms with van der Waals surface area (Å²) >= 11 is 1.62. The quantitative estimate of drug-likeness (QED) is 0.233. The van der Waals surface area contributed by atoms with Gasteiger partial charge in [-0.2, -0.15) is 0 Å². The van der Waals surface area contributed by atoms with Crippen LogP contribution in [0.15, 0.2) is 96.4 Å². The lowest BCUT2D eigenvalue weighted by atomic mass is 10.1. The van der Waals surface area contributed by atoms with Crippen LogP contribution in [0.2, 0.25) is 0 Å². The van der Waals surface area contributed by atoms with Crippen molar-refractivity contribution in [1.29, 1.82) is 0 Å². The fourth-order valence-corrected chi connectivity index (χ4v) is 5.03. The highest BCUT2D eigenvalue weighted by Gasteiger charge is 2.13. The molecule has 0 aliphatic heterocycles. The number of amides is 1. The molecule has 0 aliphatic rings. The number of nitrogens with one attached hydrogen (secondary N) is 1. The molecule has 0 spiro atoms. The molecule has 5 aromatic rings. The van der Waals surface area contributed by atoms with Gasteiger partial charge in [0.25, 0.3) is 5.91 Å². The summed E-state index contributed by atoms with van der Waals surface area (Å²) in [5, 5.41) is 3.86. The van der Waals surface area contributed by atoms with Gasteiger partial charge < -0.3 is 9.88 Å². The molecule has 186 valence electrons. The summed E-state index contributed by atoms with van der Waals surface area (Å²) in [4.78, 5) is 21.7. The molecule has 5 rings (SSSR count). The molecule has 2 aromatic heterocycles. The van der Waals surface area contributed by atoms with Gasteiger partial charge in [-0.15, -0.1) is 0 Å². The zero-order chi connectivity index (χ0) is 25.6. The fraction of sp³-hybridized carbons (Fsp3) is 0.167. The Hall–Kier alpha value is -3.97. The number of benzene rings is 3. The van der Waals surface area contributed by atoms with Crippen molar-refractivity contribution in [3.05, 3.63) is 125 Å². The van der Waals surface area contributed by atoms with E-state index in [1.807, 2.05) is 36.5 Å². The van der Waals surface area contributed by atoms with Gasteiger partial charge in [0.1, 0.15) is 5.82 Å². The van der Waals surface area contributed by atoms with E-state index >= 15 is 0 Å². The molecule has 0 atom stereocenters. The molecule has 2 heterocycles. The molecule has 0 saturated carbocycles. The number of pyridine rings is 1. The van der Waals surface area contributed by atoms with E-state index in [2.05, 4.69) is 46.1 Å². The van der Waals surface area contributed by atoms with Gasteiger partial charge in [-0.05, 0) is 59.0 Å². The lowest BCUT2D eigenvalue weighted by Crippen LogP contribution is -2.22. The Balaban J connectivity index is 1.24. The maximum absolute atomic E-state index is 13.4. The van der Waals surface area contributed by atoms with Crippen LogP contribution in [0.3, 0.4) is 0 Å². The number of hydrogen-bond acceptors (Lipinski definition) is 4. The molecule has 1 N–H and O–H groups in total. The van der Waals surface area contributed by atoms with Gasteiger partial charge in [-0.25, -0.2) is 9.37 Å². The Kier molecular flexibility index (Phi) is 7.61. The van der Waals surface area contributed by atoms with Crippen molar-refractivity contribution in [1.82, 2.24) is 19.9 Å². The molecule has 3 aromatic carbocycles. The number of halogens is 1. The molecule has 0 bridgehead atoms. The van der Waals surface area contributed by atoms with Crippen LogP contribution in [0.25, 0.3) is 11.0 Å². The first-order valence-electron chi connectivity index (χ1n) is 12.2. The number of nitrogens with zero attached hydrogens (tertiary/aromatic N) is 3. The molecule has 5 nitrogen and oxygen atoms in total. The zero-order valence-electron chi connectivity index (χ0n) is 20.5. The number of aromatic nitrogens is 3. The van der Waals surface area contributed by atoms with E-state index in [0.29, 0.717) is 24.4 Å². The topological polar surface area (TPSA) is 59.8 Å². The second kappa shape index (κ2) is 11.4. The molecule has 0 radical (unpaired) electrons. The van der Waals surface area contributed by atoms with Crippen molar-refractivity contribution in [3.63, 3.8) is 0 Å². The predicted molar refractivity (Wildman–Crippen MR) is 146 cm³/mol. The highest BCUT2D eigenvalue weighted by molar-refractivity contribution is 7.98. The van der Waals surface area contributed by atoms with Crippen molar-refractivity contribution < 1.29 is 9.18 Å². The molecule has 0 unspecified atom stereocenters. The standard InChI is InChI=1S/C30H27FN4OS/c1-2-21-3-5-22(6-4-21)17-33-29(36)25-11-7-24(8-12-25)20-37-30-34-27-15-16-32-18-28(27)35(30)19-23-9-13-26(31)14-10-23/h3-16,18H,2,17,19-20H2,1H3,(H,33,36). The summed E-state index contributed by atoms with van der Waals surface area (Å²) < 4.78 is 15.5. The van der Waals surface area contributed by atoms with Crippen molar-refractivity contribution in [2.45, 2.75) is 37.3 Å². The first kappa shape index (κ1) is 24.7. The van der Waals surface area contributed by atoms with Crippen molar-refractivity contribution in [3.8, 4) is 0 Å².